The van der Waals surface area contributed by atoms with Gasteiger partial charge in [0.15, 0.2) is 0 Å². The van der Waals surface area contributed by atoms with Crippen LogP contribution in [0.2, 0.25) is 0 Å². The highest BCUT2D eigenvalue weighted by Gasteiger charge is 2.48. The molecule has 0 N–H and O–H groups in total. The number of benzene rings is 8. The van der Waals surface area contributed by atoms with Crippen LogP contribution in [0.4, 0.5) is 11.4 Å². The van der Waals surface area contributed by atoms with Crippen molar-refractivity contribution >= 4 is 83.5 Å². The molecule has 53 heavy (non-hydrogen) atoms. The normalized spacial score (nSPS) is 14.7. The molecule has 246 valence electrons. The number of para-hydroxylation sites is 5. The van der Waals surface area contributed by atoms with E-state index in [-0.39, 0.29) is 12.3 Å². The maximum atomic E-state index is 2.70. The van der Waals surface area contributed by atoms with Crippen LogP contribution in [0.5, 0.6) is 0 Å². The number of anilines is 2. The third-order valence-electron chi connectivity index (χ3n) is 12.8. The summed E-state index contributed by atoms with van der Waals surface area (Å²) in [5, 5.41) is 7.84. The Labute approximate surface area is 307 Å². The van der Waals surface area contributed by atoms with E-state index in [1.807, 2.05) is 0 Å². The van der Waals surface area contributed by atoms with Crippen molar-refractivity contribution in [3.63, 3.8) is 0 Å². The van der Waals surface area contributed by atoms with Gasteiger partial charge < -0.3 is 13.9 Å². The number of rotatable bonds is 2. The van der Waals surface area contributed by atoms with Crippen LogP contribution in [0.1, 0.15) is 25.0 Å². The second kappa shape index (κ2) is 9.47. The molecule has 5 heterocycles. The van der Waals surface area contributed by atoms with Gasteiger partial charge in [-0.1, -0.05) is 129 Å². The molecule has 0 bridgehead atoms. The standard InChI is InChI=1S/C49H32BN3/c1-49(2)37-22-14-23-38-47(37)52-46-36(27-29-15-6-7-18-31(29)44(46)49)43-42(51-39-24-11-8-19-32(39)33-20-9-12-25-40(33)51)28-35-34-21-10-13-26-41(34)53(30-16-4-3-5-17-30)50(38)45(35)48(43)52/h3-28H,1-2H3. The van der Waals surface area contributed by atoms with Crippen molar-refractivity contribution in [3.05, 3.63) is 169 Å². The molecule has 8 aromatic carbocycles. The third kappa shape index (κ3) is 3.22. The molecule has 3 aliphatic heterocycles. The SMILES string of the molecule is CC1(C)c2cccc3c2-n2c4c1c1ccccc1cc4c1c(-n4c5ccccc5c5ccccc54)cc4c(c12)B3N(c1ccccc1)c1ccccc1-4. The smallest absolute Gasteiger partial charge is 0.333 e. The first kappa shape index (κ1) is 28.1. The van der Waals surface area contributed by atoms with Gasteiger partial charge in [-0.15, -0.1) is 0 Å². The van der Waals surface area contributed by atoms with Gasteiger partial charge in [-0.05, 0) is 80.9 Å². The lowest BCUT2D eigenvalue weighted by Crippen LogP contribution is -2.61. The van der Waals surface area contributed by atoms with Crippen molar-refractivity contribution in [2.45, 2.75) is 19.3 Å². The van der Waals surface area contributed by atoms with Crippen molar-refractivity contribution in [3.8, 4) is 22.5 Å². The Morgan fingerprint density at radius 3 is 1.98 bits per heavy atom. The van der Waals surface area contributed by atoms with Gasteiger partial charge in [0.2, 0.25) is 0 Å². The van der Waals surface area contributed by atoms with E-state index in [0.29, 0.717) is 0 Å². The summed E-state index contributed by atoms with van der Waals surface area (Å²) in [5.74, 6) is 0. The summed E-state index contributed by atoms with van der Waals surface area (Å²) in [6, 6.07) is 59.2. The Hall–Kier alpha value is -6.52. The largest absolute Gasteiger partial charge is 0.376 e. The molecule has 0 aliphatic carbocycles. The second-order valence-corrected chi connectivity index (χ2v) is 15.6. The number of hydrogen-bond donors (Lipinski definition) is 0. The third-order valence-corrected chi connectivity index (χ3v) is 12.8. The minimum Gasteiger partial charge on any atom is -0.376 e. The molecule has 0 spiro atoms. The lowest BCUT2D eigenvalue weighted by Gasteiger charge is -2.45. The van der Waals surface area contributed by atoms with Gasteiger partial charge in [0.25, 0.3) is 0 Å². The fraction of sp³-hybridized carbons (Fsp3) is 0.0612. The van der Waals surface area contributed by atoms with Crippen LogP contribution < -0.4 is 15.7 Å². The predicted octanol–water partition coefficient (Wildman–Crippen LogP) is 10.9. The van der Waals surface area contributed by atoms with Crippen molar-refractivity contribution in [2.24, 2.45) is 0 Å². The second-order valence-electron chi connectivity index (χ2n) is 15.6. The number of nitrogens with zero attached hydrogens (tertiary/aromatic N) is 3. The van der Waals surface area contributed by atoms with E-state index < -0.39 is 0 Å². The Morgan fingerprint density at radius 1 is 0.509 bits per heavy atom. The predicted molar refractivity (Wildman–Crippen MR) is 224 cm³/mol. The van der Waals surface area contributed by atoms with Gasteiger partial charge in [0.1, 0.15) is 0 Å². The summed E-state index contributed by atoms with van der Waals surface area (Å²) in [6.45, 7) is 4.89. The highest BCUT2D eigenvalue weighted by Crippen LogP contribution is 2.54. The summed E-state index contributed by atoms with van der Waals surface area (Å²) in [6.07, 6.45) is 0. The van der Waals surface area contributed by atoms with Crippen LogP contribution in [-0.2, 0) is 5.41 Å². The summed E-state index contributed by atoms with van der Waals surface area (Å²) in [7, 11) is 0. The van der Waals surface area contributed by atoms with Gasteiger partial charge in [-0.25, -0.2) is 0 Å². The molecule has 2 aromatic heterocycles. The van der Waals surface area contributed by atoms with Crippen LogP contribution in [0.25, 0.3) is 76.9 Å². The average molecular weight is 674 g/mol. The minimum absolute atomic E-state index is 0.00414. The van der Waals surface area contributed by atoms with Gasteiger partial charge in [-0.2, -0.15) is 0 Å². The van der Waals surface area contributed by atoms with E-state index in [9.17, 15) is 0 Å². The topological polar surface area (TPSA) is 13.1 Å². The molecular formula is C49H32BN3. The lowest BCUT2D eigenvalue weighted by atomic mass is 9.43. The lowest BCUT2D eigenvalue weighted by molar-refractivity contribution is 0.637. The first-order chi connectivity index (χ1) is 26.1. The molecule has 0 radical (unpaired) electrons. The number of aromatic nitrogens is 2. The van der Waals surface area contributed by atoms with E-state index in [1.165, 1.54) is 110 Å². The Balaban J connectivity index is 1.34. The van der Waals surface area contributed by atoms with Crippen LogP contribution >= 0.6 is 0 Å². The van der Waals surface area contributed by atoms with Crippen molar-refractivity contribution < 1.29 is 0 Å². The van der Waals surface area contributed by atoms with Crippen molar-refractivity contribution in [1.82, 2.24) is 9.13 Å². The zero-order valence-electron chi connectivity index (χ0n) is 29.4. The molecule has 10 aromatic rings. The van der Waals surface area contributed by atoms with Gasteiger partial charge >= 0.3 is 6.85 Å². The number of hydrogen-bond acceptors (Lipinski definition) is 1. The highest BCUT2D eigenvalue weighted by atomic mass is 15.1. The molecule has 0 unspecified atom stereocenters. The Morgan fingerprint density at radius 2 is 1.19 bits per heavy atom. The molecule has 0 atom stereocenters. The van der Waals surface area contributed by atoms with E-state index in [4.69, 9.17) is 0 Å². The van der Waals surface area contributed by atoms with Crippen LogP contribution in [0, 0.1) is 0 Å². The fourth-order valence-corrected chi connectivity index (χ4v) is 10.8. The first-order valence-corrected chi connectivity index (χ1v) is 18.7. The molecule has 0 fully saturated rings. The number of fused-ring (bicyclic) bond motifs is 9. The summed E-state index contributed by atoms with van der Waals surface area (Å²) < 4.78 is 5.26. The molecule has 0 saturated carbocycles. The van der Waals surface area contributed by atoms with Crippen molar-refractivity contribution in [2.75, 3.05) is 4.81 Å². The quantitative estimate of drug-likeness (QED) is 0.167. The summed E-state index contributed by atoms with van der Waals surface area (Å²) in [5.41, 5.74) is 18.1. The summed E-state index contributed by atoms with van der Waals surface area (Å²) in [4.78, 5) is 2.62. The van der Waals surface area contributed by atoms with Gasteiger partial charge in [0, 0.05) is 49.6 Å². The molecule has 0 saturated heterocycles. The van der Waals surface area contributed by atoms with Gasteiger partial charge in [0.05, 0.1) is 27.8 Å². The molecular weight excluding hydrogens is 641 g/mol. The average Bonchev–Trinajstić information content (AvgIpc) is 3.72. The van der Waals surface area contributed by atoms with Crippen LogP contribution in [-0.4, -0.2) is 16.0 Å². The van der Waals surface area contributed by atoms with Crippen LogP contribution in [0.3, 0.4) is 0 Å². The maximum Gasteiger partial charge on any atom is 0.333 e. The van der Waals surface area contributed by atoms with Gasteiger partial charge in [-0.3, -0.25) is 0 Å². The zero-order chi connectivity index (χ0) is 34.7. The molecule has 3 aliphatic rings. The fourth-order valence-electron chi connectivity index (χ4n) is 10.8. The van der Waals surface area contributed by atoms with E-state index in [0.717, 1.165) is 0 Å². The van der Waals surface area contributed by atoms with E-state index >= 15 is 0 Å². The van der Waals surface area contributed by atoms with E-state index in [2.05, 4.69) is 186 Å². The molecule has 4 heteroatoms. The maximum absolute atomic E-state index is 2.70. The first-order valence-electron chi connectivity index (χ1n) is 18.7. The van der Waals surface area contributed by atoms with Crippen molar-refractivity contribution in [1.29, 1.82) is 0 Å². The Bertz CT molecular complexity index is 3220. The summed E-state index contributed by atoms with van der Waals surface area (Å²) >= 11 is 0. The Kier molecular flexibility index (Phi) is 5.02. The zero-order valence-corrected chi connectivity index (χ0v) is 29.4. The molecule has 0 amide bonds. The highest BCUT2D eigenvalue weighted by molar-refractivity contribution is 6.93. The monoisotopic (exact) mass is 673 g/mol. The molecule has 3 nitrogen and oxygen atoms in total. The van der Waals surface area contributed by atoms with E-state index in [1.54, 1.807) is 0 Å². The van der Waals surface area contributed by atoms with Crippen LogP contribution in [0.15, 0.2) is 158 Å². The minimum atomic E-state index is -0.230. The molecule has 13 rings (SSSR count).